The van der Waals surface area contributed by atoms with E-state index in [9.17, 15) is 35.1 Å². The van der Waals surface area contributed by atoms with Crippen molar-refractivity contribution in [3.05, 3.63) is 11.6 Å². The maximum Gasteiger partial charge on any atom is 0.454 e. The Hall–Kier alpha value is -1.33. The fourth-order valence-corrected chi connectivity index (χ4v) is 1.20. The van der Waals surface area contributed by atoms with Gasteiger partial charge in [0.05, 0.1) is 11.6 Å². The highest BCUT2D eigenvalue weighted by Crippen LogP contribution is 2.67. The Kier molecular flexibility index (Phi) is 2.28. The molecule has 0 radical (unpaired) electrons. The van der Waals surface area contributed by atoms with E-state index in [0.717, 1.165) is 0 Å². The average molecular weight is 251 g/mol. The number of hydrogen-bond donors (Lipinski definition) is 0. The van der Waals surface area contributed by atoms with Crippen LogP contribution in [0.4, 0.5) is 35.1 Å². The molecule has 1 nitrogen and oxygen atoms in total. The van der Waals surface area contributed by atoms with Crippen LogP contribution in [0.2, 0.25) is 0 Å². The van der Waals surface area contributed by atoms with Gasteiger partial charge < -0.3 is 0 Å². The normalized spacial score (nSPS) is 26.1. The highest BCUT2D eigenvalue weighted by molar-refractivity contribution is 5.54. The van der Waals surface area contributed by atoms with Crippen LogP contribution in [0, 0.1) is 16.7 Å². The van der Waals surface area contributed by atoms with E-state index in [2.05, 4.69) is 0 Å². The van der Waals surface area contributed by atoms with Crippen LogP contribution in [0.3, 0.4) is 0 Å². The van der Waals surface area contributed by atoms with Crippen molar-refractivity contribution in [2.45, 2.75) is 18.3 Å². The van der Waals surface area contributed by atoms with Crippen LogP contribution in [0.25, 0.3) is 0 Å². The van der Waals surface area contributed by atoms with Gasteiger partial charge in [0.15, 0.2) is 5.41 Å². The molecule has 0 bridgehead atoms. The Morgan fingerprint density at radius 1 is 1.00 bits per heavy atom. The second kappa shape index (κ2) is 2.87. The fraction of sp³-hybridized carbons (Fsp3) is 0.571. The first-order chi connectivity index (χ1) is 6.92. The van der Waals surface area contributed by atoms with Crippen LogP contribution in [0.1, 0.15) is 0 Å². The smallest absolute Gasteiger partial charge is 0.195 e. The van der Waals surface area contributed by atoms with Crippen LogP contribution in [0.15, 0.2) is 11.6 Å². The lowest BCUT2D eigenvalue weighted by Gasteiger charge is -2.30. The van der Waals surface area contributed by atoms with Gasteiger partial charge >= 0.3 is 18.3 Å². The number of nitriles is 1. The van der Waals surface area contributed by atoms with Crippen molar-refractivity contribution in [2.75, 3.05) is 0 Å². The van der Waals surface area contributed by atoms with Gasteiger partial charge in [-0.2, -0.15) is 40.4 Å². The number of alkyl halides is 8. The Morgan fingerprint density at radius 2 is 1.44 bits per heavy atom. The number of halogens is 8. The van der Waals surface area contributed by atoms with Crippen molar-refractivity contribution in [1.82, 2.24) is 0 Å². The molecular formula is C7HF8N. The lowest BCUT2D eigenvalue weighted by atomic mass is 9.90. The lowest BCUT2D eigenvalue weighted by Crippen LogP contribution is -2.53. The van der Waals surface area contributed by atoms with Gasteiger partial charge in [0.25, 0.3) is 0 Å². The minimum atomic E-state index is -6.38. The van der Waals surface area contributed by atoms with Gasteiger partial charge in [0, 0.05) is 0 Å². The van der Waals surface area contributed by atoms with Crippen LogP contribution >= 0.6 is 0 Å². The zero-order chi connectivity index (χ0) is 13.0. The molecular weight excluding hydrogens is 250 g/mol. The van der Waals surface area contributed by atoms with Gasteiger partial charge in [-0.25, -0.2) is 0 Å². The molecule has 0 spiro atoms. The van der Waals surface area contributed by atoms with Crippen molar-refractivity contribution in [1.29, 1.82) is 5.26 Å². The van der Waals surface area contributed by atoms with Crippen molar-refractivity contribution in [2.24, 2.45) is 5.41 Å². The molecule has 1 atom stereocenters. The largest absolute Gasteiger partial charge is 0.454 e. The maximum atomic E-state index is 12.7. The molecule has 90 valence electrons. The average Bonchev–Trinajstić information content (AvgIpc) is 2.75. The van der Waals surface area contributed by atoms with E-state index in [1.54, 1.807) is 0 Å². The molecule has 1 unspecified atom stereocenters. The first-order valence-electron chi connectivity index (χ1n) is 3.56. The molecule has 0 saturated heterocycles. The molecule has 0 aliphatic heterocycles. The molecule has 9 heteroatoms. The third-order valence-corrected chi connectivity index (χ3v) is 2.12. The molecule has 0 N–H and O–H groups in total. The third kappa shape index (κ3) is 1.28. The number of allylic oxidation sites excluding steroid dienone is 2. The van der Waals surface area contributed by atoms with Gasteiger partial charge in [-0.15, -0.1) is 0 Å². The monoisotopic (exact) mass is 251 g/mol. The molecule has 0 aromatic heterocycles. The molecule has 0 aromatic rings. The third-order valence-electron chi connectivity index (χ3n) is 2.12. The fourth-order valence-electron chi connectivity index (χ4n) is 1.20. The first-order valence-corrected chi connectivity index (χ1v) is 3.56. The van der Waals surface area contributed by atoms with Crippen molar-refractivity contribution >= 4 is 0 Å². The van der Waals surface area contributed by atoms with Crippen LogP contribution in [0.5, 0.6) is 0 Å². The highest BCUT2D eigenvalue weighted by Gasteiger charge is 2.85. The Morgan fingerprint density at radius 3 is 1.62 bits per heavy atom. The summed E-state index contributed by atoms with van der Waals surface area (Å²) in [6.45, 7) is 0. The molecule has 1 rings (SSSR count). The van der Waals surface area contributed by atoms with Crippen LogP contribution in [-0.2, 0) is 0 Å². The summed E-state index contributed by atoms with van der Waals surface area (Å²) in [6, 6.07) is 0.676. The quantitative estimate of drug-likeness (QED) is 0.656. The van der Waals surface area contributed by atoms with E-state index < -0.39 is 35.3 Å². The van der Waals surface area contributed by atoms with Crippen molar-refractivity contribution in [3.63, 3.8) is 0 Å². The second-order valence-corrected chi connectivity index (χ2v) is 3.05. The predicted octanol–water partition coefficient (Wildman–Crippen LogP) is 3.20. The summed E-state index contributed by atoms with van der Waals surface area (Å²) >= 11 is 0. The van der Waals surface area contributed by atoms with E-state index >= 15 is 0 Å². The lowest BCUT2D eigenvalue weighted by molar-refractivity contribution is -0.350. The van der Waals surface area contributed by atoms with E-state index in [-0.39, 0.29) is 0 Å². The zero-order valence-electron chi connectivity index (χ0n) is 7.05. The van der Waals surface area contributed by atoms with Gasteiger partial charge in [0.2, 0.25) is 0 Å². The zero-order valence-corrected chi connectivity index (χ0v) is 7.05. The first kappa shape index (κ1) is 12.7. The van der Waals surface area contributed by atoms with Crippen molar-refractivity contribution < 1.29 is 35.1 Å². The molecule has 0 heterocycles. The van der Waals surface area contributed by atoms with E-state index in [4.69, 9.17) is 5.26 Å². The van der Waals surface area contributed by atoms with Crippen LogP contribution in [-0.4, -0.2) is 18.3 Å². The summed E-state index contributed by atoms with van der Waals surface area (Å²) in [5, 5.41) is 8.02. The standard InChI is InChI=1S/C7HF8N/c8-5(9,7(13,14)15)4(6(10,11)12)1-3(4)2-16/h1H. The summed E-state index contributed by atoms with van der Waals surface area (Å²) in [5.41, 5.74) is -6.12. The minimum Gasteiger partial charge on any atom is -0.195 e. The summed E-state index contributed by atoms with van der Waals surface area (Å²) in [7, 11) is 0. The van der Waals surface area contributed by atoms with E-state index in [1.165, 1.54) is 0 Å². The molecule has 1 aliphatic carbocycles. The van der Waals surface area contributed by atoms with Crippen LogP contribution < -0.4 is 0 Å². The topological polar surface area (TPSA) is 23.8 Å². The Balaban J connectivity index is 3.25. The predicted molar refractivity (Wildman–Crippen MR) is 33.2 cm³/mol. The van der Waals surface area contributed by atoms with Crippen molar-refractivity contribution in [3.8, 4) is 6.07 Å². The summed E-state index contributed by atoms with van der Waals surface area (Å²) in [4.78, 5) is 0. The molecule has 0 fully saturated rings. The minimum absolute atomic E-state index is 0.416. The maximum absolute atomic E-state index is 12.7. The molecule has 0 amide bonds. The van der Waals surface area contributed by atoms with Gasteiger partial charge in [0.1, 0.15) is 0 Å². The van der Waals surface area contributed by atoms with Gasteiger partial charge in [-0.1, -0.05) is 0 Å². The SMILES string of the molecule is N#CC1=CC1(C(F)(F)F)C(F)(F)C(F)(F)F. The summed E-state index contributed by atoms with van der Waals surface area (Å²) < 4.78 is 97.3. The Labute approximate surface area is 83.0 Å². The van der Waals surface area contributed by atoms with Gasteiger partial charge in [-0.3, -0.25) is 0 Å². The van der Waals surface area contributed by atoms with E-state index in [0.29, 0.717) is 6.07 Å². The van der Waals surface area contributed by atoms with E-state index in [1.807, 2.05) is 0 Å². The molecule has 0 aromatic carbocycles. The highest BCUT2D eigenvalue weighted by atomic mass is 19.4. The summed E-state index contributed by atoms with van der Waals surface area (Å²) in [5.74, 6) is -6.04. The second-order valence-electron chi connectivity index (χ2n) is 3.05. The number of rotatable bonds is 1. The van der Waals surface area contributed by atoms with Gasteiger partial charge in [-0.05, 0) is 6.08 Å². The number of nitrogens with zero attached hydrogens (tertiary/aromatic N) is 1. The molecule has 16 heavy (non-hydrogen) atoms. The molecule has 1 aliphatic rings. The number of hydrogen-bond acceptors (Lipinski definition) is 1. The Bertz CT molecular complexity index is 381. The molecule has 0 saturated carbocycles. The summed E-state index contributed by atoms with van der Waals surface area (Å²) in [6.07, 6.45) is -12.7.